The molecule has 2 rings (SSSR count). The van der Waals surface area contributed by atoms with Crippen LogP contribution < -0.4 is 10.6 Å². The van der Waals surface area contributed by atoms with Crippen LogP contribution in [0.5, 0.6) is 0 Å². The molecule has 1 aromatic carbocycles. The minimum atomic E-state index is -0.305. The number of carbonyl (C=O) groups excluding carboxylic acids is 2. The molecule has 138 valence electrons. The first-order valence-electron chi connectivity index (χ1n) is 8.46. The predicted molar refractivity (Wildman–Crippen MR) is 102 cm³/mol. The largest absolute Gasteiger partial charge is 0.383 e. The summed E-state index contributed by atoms with van der Waals surface area (Å²) in [6.45, 7) is 7.08. The zero-order valence-electron chi connectivity index (χ0n) is 15.6. The first-order valence-corrected chi connectivity index (χ1v) is 8.46. The first-order chi connectivity index (χ1) is 12.3. The molecule has 0 aliphatic carbocycles. The third kappa shape index (κ3) is 5.13. The van der Waals surface area contributed by atoms with Crippen molar-refractivity contribution in [3.05, 3.63) is 59.4 Å². The summed E-state index contributed by atoms with van der Waals surface area (Å²) >= 11 is 0. The average molecular weight is 355 g/mol. The fourth-order valence-electron chi connectivity index (χ4n) is 2.50. The predicted octanol–water partition coefficient (Wildman–Crippen LogP) is 3.01. The van der Waals surface area contributed by atoms with Gasteiger partial charge in [0.2, 0.25) is 0 Å². The van der Waals surface area contributed by atoms with Crippen LogP contribution in [0, 0.1) is 0 Å². The molecular weight excluding hydrogens is 330 g/mol. The molecule has 0 bridgehead atoms. The van der Waals surface area contributed by atoms with E-state index in [-0.39, 0.29) is 17.2 Å². The average Bonchev–Trinajstić information content (AvgIpc) is 2.61. The number of rotatable bonds is 6. The number of hydrogen-bond acceptors (Lipinski definition) is 4. The SMILES string of the molecule is COCCNC(=O)c1cncc(C(=O)Nc2ccccc2C(C)(C)C)c1. The van der Waals surface area contributed by atoms with Crippen molar-refractivity contribution in [2.24, 2.45) is 0 Å². The molecule has 0 radical (unpaired) electrons. The number of nitrogens with one attached hydrogen (secondary N) is 2. The highest BCUT2D eigenvalue weighted by atomic mass is 16.5. The van der Waals surface area contributed by atoms with Crippen molar-refractivity contribution in [1.29, 1.82) is 0 Å². The van der Waals surface area contributed by atoms with E-state index in [1.54, 1.807) is 7.11 Å². The van der Waals surface area contributed by atoms with E-state index >= 15 is 0 Å². The second-order valence-electron chi connectivity index (χ2n) is 6.96. The number of carbonyl (C=O) groups is 2. The Morgan fingerprint density at radius 2 is 1.73 bits per heavy atom. The van der Waals surface area contributed by atoms with E-state index in [2.05, 4.69) is 36.4 Å². The summed E-state index contributed by atoms with van der Waals surface area (Å²) in [5.74, 6) is -0.597. The van der Waals surface area contributed by atoms with Gasteiger partial charge in [0.05, 0.1) is 17.7 Å². The first kappa shape index (κ1) is 19.6. The Morgan fingerprint density at radius 1 is 1.08 bits per heavy atom. The summed E-state index contributed by atoms with van der Waals surface area (Å²) in [7, 11) is 1.56. The molecule has 26 heavy (non-hydrogen) atoms. The van der Waals surface area contributed by atoms with Crippen LogP contribution in [0.2, 0.25) is 0 Å². The minimum absolute atomic E-state index is 0.106. The Labute approximate surface area is 154 Å². The summed E-state index contributed by atoms with van der Waals surface area (Å²) in [6.07, 6.45) is 2.88. The molecule has 2 aromatic rings. The Kier molecular flexibility index (Phi) is 6.46. The van der Waals surface area contributed by atoms with E-state index in [4.69, 9.17) is 4.74 Å². The number of ether oxygens (including phenoxy) is 1. The van der Waals surface area contributed by atoms with Gasteiger partial charge in [-0.1, -0.05) is 39.0 Å². The van der Waals surface area contributed by atoms with Gasteiger partial charge in [-0.2, -0.15) is 0 Å². The Bertz CT molecular complexity index is 782. The van der Waals surface area contributed by atoms with Gasteiger partial charge in [0.1, 0.15) is 0 Å². The lowest BCUT2D eigenvalue weighted by atomic mass is 9.86. The van der Waals surface area contributed by atoms with Crippen molar-refractivity contribution < 1.29 is 14.3 Å². The van der Waals surface area contributed by atoms with Crippen molar-refractivity contribution >= 4 is 17.5 Å². The number of benzene rings is 1. The summed E-state index contributed by atoms with van der Waals surface area (Å²) in [5, 5.41) is 5.63. The lowest BCUT2D eigenvalue weighted by Gasteiger charge is -2.23. The quantitative estimate of drug-likeness (QED) is 0.781. The highest BCUT2D eigenvalue weighted by Gasteiger charge is 2.19. The van der Waals surface area contributed by atoms with E-state index in [1.807, 2.05) is 24.3 Å². The molecule has 2 amide bonds. The molecular formula is C20H25N3O3. The van der Waals surface area contributed by atoms with Gasteiger partial charge in [-0.15, -0.1) is 0 Å². The van der Waals surface area contributed by atoms with Gasteiger partial charge in [0, 0.05) is 31.7 Å². The van der Waals surface area contributed by atoms with E-state index in [0.29, 0.717) is 24.3 Å². The van der Waals surface area contributed by atoms with Crippen LogP contribution in [-0.4, -0.2) is 37.1 Å². The molecule has 0 atom stereocenters. The fourth-order valence-corrected chi connectivity index (χ4v) is 2.50. The van der Waals surface area contributed by atoms with Crippen molar-refractivity contribution in [2.75, 3.05) is 25.6 Å². The number of anilines is 1. The van der Waals surface area contributed by atoms with E-state index in [1.165, 1.54) is 18.5 Å². The van der Waals surface area contributed by atoms with Gasteiger partial charge >= 0.3 is 0 Å². The van der Waals surface area contributed by atoms with Gasteiger partial charge in [-0.3, -0.25) is 14.6 Å². The molecule has 1 aromatic heterocycles. The Hall–Kier alpha value is -2.73. The number of para-hydroxylation sites is 1. The molecule has 0 saturated carbocycles. The zero-order chi connectivity index (χ0) is 19.2. The molecule has 6 nitrogen and oxygen atoms in total. The van der Waals surface area contributed by atoms with Crippen molar-refractivity contribution in [1.82, 2.24) is 10.3 Å². The topological polar surface area (TPSA) is 80.3 Å². The summed E-state index contributed by atoms with van der Waals surface area (Å²) < 4.78 is 4.90. The molecule has 0 saturated heterocycles. The number of aromatic nitrogens is 1. The van der Waals surface area contributed by atoms with Crippen molar-refractivity contribution in [2.45, 2.75) is 26.2 Å². The normalized spacial score (nSPS) is 11.1. The van der Waals surface area contributed by atoms with Crippen molar-refractivity contribution in [3.8, 4) is 0 Å². The minimum Gasteiger partial charge on any atom is -0.383 e. The van der Waals surface area contributed by atoms with Crippen LogP contribution in [0.15, 0.2) is 42.7 Å². The molecule has 0 unspecified atom stereocenters. The van der Waals surface area contributed by atoms with E-state index in [0.717, 1.165) is 11.3 Å². The molecule has 0 spiro atoms. The second kappa shape index (κ2) is 8.58. The molecule has 0 fully saturated rings. The summed E-state index contributed by atoms with van der Waals surface area (Å²) in [5.41, 5.74) is 2.34. The monoisotopic (exact) mass is 355 g/mol. The maximum Gasteiger partial charge on any atom is 0.257 e. The standard InChI is InChI=1S/C20H25N3O3/c1-20(2,3)16-7-5-6-8-17(16)23-19(25)15-11-14(12-21-13-15)18(24)22-9-10-26-4/h5-8,11-13H,9-10H2,1-4H3,(H,22,24)(H,23,25). The van der Waals surface area contributed by atoms with Crippen LogP contribution in [0.3, 0.4) is 0 Å². The Balaban J connectivity index is 2.16. The summed E-state index contributed by atoms with van der Waals surface area (Å²) in [6, 6.07) is 9.22. The highest BCUT2D eigenvalue weighted by molar-refractivity contribution is 6.06. The zero-order valence-corrected chi connectivity index (χ0v) is 15.6. The van der Waals surface area contributed by atoms with Gasteiger partial charge in [-0.05, 0) is 23.1 Å². The third-order valence-electron chi connectivity index (χ3n) is 3.84. The lowest BCUT2D eigenvalue weighted by molar-refractivity contribution is 0.0936. The number of methoxy groups -OCH3 is 1. The second-order valence-corrected chi connectivity index (χ2v) is 6.96. The number of hydrogen-bond donors (Lipinski definition) is 2. The Morgan fingerprint density at radius 3 is 2.38 bits per heavy atom. The van der Waals surface area contributed by atoms with Crippen LogP contribution in [0.25, 0.3) is 0 Å². The lowest BCUT2D eigenvalue weighted by Crippen LogP contribution is -2.27. The van der Waals surface area contributed by atoms with Crippen LogP contribution >= 0.6 is 0 Å². The smallest absolute Gasteiger partial charge is 0.257 e. The van der Waals surface area contributed by atoms with Crippen LogP contribution in [0.1, 0.15) is 47.1 Å². The number of amides is 2. The van der Waals surface area contributed by atoms with Gasteiger partial charge < -0.3 is 15.4 Å². The van der Waals surface area contributed by atoms with Crippen molar-refractivity contribution in [3.63, 3.8) is 0 Å². The maximum atomic E-state index is 12.6. The number of pyridine rings is 1. The molecule has 0 aliphatic heterocycles. The van der Waals surface area contributed by atoms with E-state index < -0.39 is 0 Å². The van der Waals surface area contributed by atoms with E-state index in [9.17, 15) is 9.59 Å². The fraction of sp³-hybridized carbons (Fsp3) is 0.350. The summed E-state index contributed by atoms with van der Waals surface area (Å²) in [4.78, 5) is 28.7. The number of nitrogens with zero attached hydrogens (tertiary/aromatic N) is 1. The van der Waals surface area contributed by atoms with Crippen LogP contribution in [-0.2, 0) is 10.2 Å². The molecule has 2 N–H and O–H groups in total. The van der Waals surface area contributed by atoms with Gasteiger partial charge in [-0.25, -0.2) is 0 Å². The highest BCUT2D eigenvalue weighted by Crippen LogP contribution is 2.29. The molecule has 0 aliphatic rings. The van der Waals surface area contributed by atoms with Crippen LogP contribution in [0.4, 0.5) is 5.69 Å². The van der Waals surface area contributed by atoms with Gasteiger partial charge in [0.15, 0.2) is 0 Å². The molecule has 1 heterocycles. The maximum absolute atomic E-state index is 12.6. The van der Waals surface area contributed by atoms with Gasteiger partial charge in [0.25, 0.3) is 11.8 Å². The molecule has 6 heteroatoms. The third-order valence-corrected chi connectivity index (χ3v) is 3.84.